The SMILES string of the molecule is C\C=N/C(Oc1ccccc1OC(C)C)=C(\C(C)=C\CC)[N+](=O)[O-]. The number of benzene rings is 1. The number of hydrogen-bond donors (Lipinski definition) is 0. The van der Waals surface area contributed by atoms with E-state index >= 15 is 0 Å². The molecule has 0 fully saturated rings. The van der Waals surface area contributed by atoms with Gasteiger partial charge >= 0.3 is 5.70 Å². The van der Waals surface area contributed by atoms with Crippen molar-refractivity contribution in [1.29, 1.82) is 0 Å². The number of allylic oxidation sites excluding steroid dienone is 2. The normalized spacial score (nSPS) is 13.2. The maximum atomic E-state index is 11.5. The van der Waals surface area contributed by atoms with Crippen LogP contribution in [0.25, 0.3) is 0 Å². The number of para-hydroxylation sites is 2. The van der Waals surface area contributed by atoms with Crippen LogP contribution in [-0.4, -0.2) is 17.2 Å². The molecule has 0 N–H and O–H groups in total. The lowest BCUT2D eigenvalue weighted by Gasteiger charge is -2.14. The second kappa shape index (κ2) is 9.50. The molecule has 0 heterocycles. The molecule has 0 atom stereocenters. The summed E-state index contributed by atoms with van der Waals surface area (Å²) in [7, 11) is 0. The van der Waals surface area contributed by atoms with Gasteiger partial charge in [-0.1, -0.05) is 25.1 Å². The standard InChI is InChI=1S/C18H24N2O4/c1-6-10-14(5)17(20(21)22)18(19-7-2)24-16-12-9-8-11-15(16)23-13(3)4/h7-13H,6H2,1-5H3/b14-10+,18-17-,19-7-. The smallest absolute Gasteiger partial charge is 0.333 e. The Hall–Kier alpha value is -2.63. The Bertz CT molecular complexity index is 661. The lowest BCUT2D eigenvalue weighted by atomic mass is 10.2. The molecule has 0 aliphatic rings. The van der Waals surface area contributed by atoms with Crippen molar-refractivity contribution in [2.75, 3.05) is 0 Å². The molecule has 6 nitrogen and oxygen atoms in total. The van der Waals surface area contributed by atoms with Crippen LogP contribution in [0.1, 0.15) is 41.0 Å². The zero-order chi connectivity index (χ0) is 18.1. The average molecular weight is 332 g/mol. The third-order valence-electron chi connectivity index (χ3n) is 2.93. The maximum Gasteiger partial charge on any atom is 0.333 e. The first kappa shape index (κ1) is 19.4. The minimum Gasteiger partial charge on any atom is -0.487 e. The van der Waals surface area contributed by atoms with Crippen molar-refractivity contribution in [2.45, 2.75) is 47.1 Å². The van der Waals surface area contributed by atoms with Gasteiger partial charge in [0.1, 0.15) is 0 Å². The second-order valence-electron chi connectivity index (χ2n) is 5.31. The first-order valence-electron chi connectivity index (χ1n) is 7.88. The molecule has 6 heteroatoms. The Balaban J connectivity index is 3.39. The zero-order valence-corrected chi connectivity index (χ0v) is 14.8. The van der Waals surface area contributed by atoms with Crippen LogP contribution in [0.3, 0.4) is 0 Å². The molecular weight excluding hydrogens is 308 g/mol. The fourth-order valence-electron chi connectivity index (χ4n) is 2.04. The molecule has 0 bridgehead atoms. The Kier molecular flexibility index (Phi) is 7.68. The van der Waals surface area contributed by atoms with Gasteiger partial charge in [0.15, 0.2) is 11.5 Å². The van der Waals surface area contributed by atoms with E-state index in [0.29, 0.717) is 23.5 Å². The van der Waals surface area contributed by atoms with Gasteiger partial charge in [0.25, 0.3) is 5.88 Å². The molecule has 0 saturated heterocycles. The van der Waals surface area contributed by atoms with Gasteiger partial charge in [-0.3, -0.25) is 10.1 Å². The molecule has 1 rings (SSSR count). The predicted octanol–water partition coefficient (Wildman–Crippen LogP) is 4.75. The van der Waals surface area contributed by atoms with Crippen molar-refractivity contribution < 1.29 is 14.4 Å². The van der Waals surface area contributed by atoms with Crippen LogP contribution in [0.15, 0.2) is 52.5 Å². The maximum absolute atomic E-state index is 11.5. The number of ether oxygens (including phenoxy) is 2. The number of nitrogens with zero attached hydrogens (tertiary/aromatic N) is 2. The number of hydrogen-bond acceptors (Lipinski definition) is 5. The van der Waals surface area contributed by atoms with Crippen molar-refractivity contribution in [2.24, 2.45) is 4.99 Å². The van der Waals surface area contributed by atoms with Crippen molar-refractivity contribution in [3.05, 3.63) is 57.6 Å². The van der Waals surface area contributed by atoms with Gasteiger partial charge in [-0.25, -0.2) is 4.99 Å². The first-order valence-corrected chi connectivity index (χ1v) is 7.88. The molecule has 24 heavy (non-hydrogen) atoms. The molecule has 0 saturated carbocycles. The largest absolute Gasteiger partial charge is 0.487 e. The summed E-state index contributed by atoms with van der Waals surface area (Å²) >= 11 is 0. The average Bonchev–Trinajstić information content (AvgIpc) is 2.49. The molecule has 0 spiro atoms. The molecule has 0 aliphatic carbocycles. The van der Waals surface area contributed by atoms with E-state index in [2.05, 4.69) is 4.99 Å². The summed E-state index contributed by atoms with van der Waals surface area (Å²) in [5, 5.41) is 11.5. The van der Waals surface area contributed by atoms with E-state index in [0.717, 1.165) is 0 Å². The van der Waals surface area contributed by atoms with Crippen LogP contribution < -0.4 is 9.47 Å². The topological polar surface area (TPSA) is 74.0 Å². The minimum absolute atomic E-state index is 0.0476. The summed E-state index contributed by atoms with van der Waals surface area (Å²) in [4.78, 5) is 15.1. The summed E-state index contributed by atoms with van der Waals surface area (Å²) in [6.07, 6.45) is 3.86. The summed E-state index contributed by atoms with van der Waals surface area (Å²) in [5.74, 6) is 0.830. The lowest BCUT2D eigenvalue weighted by molar-refractivity contribution is -0.423. The fraction of sp³-hybridized carbons (Fsp3) is 0.389. The highest BCUT2D eigenvalue weighted by Gasteiger charge is 2.23. The van der Waals surface area contributed by atoms with E-state index < -0.39 is 4.92 Å². The van der Waals surface area contributed by atoms with Gasteiger partial charge in [0.2, 0.25) is 0 Å². The number of rotatable bonds is 8. The molecule has 0 unspecified atom stereocenters. The van der Waals surface area contributed by atoms with E-state index in [9.17, 15) is 10.1 Å². The number of nitro groups is 1. The van der Waals surface area contributed by atoms with Gasteiger partial charge in [-0.05, 0) is 46.2 Å². The Morgan fingerprint density at radius 1 is 1.33 bits per heavy atom. The molecule has 0 radical (unpaired) electrons. The minimum atomic E-state index is -0.476. The van der Waals surface area contributed by atoms with E-state index in [4.69, 9.17) is 9.47 Å². The summed E-state index contributed by atoms with van der Waals surface area (Å²) < 4.78 is 11.4. The van der Waals surface area contributed by atoms with Gasteiger partial charge in [-0.15, -0.1) is 0 Å². The van der Waals surface area contributed by atoms with Crippen LogP contribution in [0, 0.1) is 10.1 Å². The second-order valence-corrected chi connectivity index (χ2v) is 5.31. The van der Waals surface area contributed by atoms with Gasteiger partial charge in [0.05, 0.1) is 11.0 Å². The highest BCUT2D eigenvalue weighted by molar-refractivity contribution is 5.55. The number of aliphatic imine (C=N–C) groups is 1. The van der Waals surface area contributed by atoms with Crippen molar-refractivity contribution >= 4 is 6.21 Å². The van der Waals surface area contributed by atoms with E-state index in [1.54, 1.807) is 38.1 Å². The quantitative estimate of drug-likeness (QED) is 0.226. The van der Waals surface area contributed by atoms with E-state index in [-0.39, 0.29) is 17.7 Å². The van der Waals surface area contributed by atoms with Crippen LogP contribution in [0.4, 0.5) is 0 Å². The third-order valence-corrected chi connectivity index (χ3v) is 2.93. The van der Waals surface area contributed by atoms with Crippen LogP contribution in [0.5, 0.6) is 11.5 Å². The van der Waals surface area contributed by atoms with Crippen molar-refractivity contribution in [3.63, 3.8) is 0 Å². The summed E-state index contributed by atoms with van der Waals surface area (Å²) in [5.41, 5.74) is 0.347. The highest BCUT2D eigenvalue weighted by atomic mass is 16.6. The Morgan fingerprint density at radius 2 is 1.96 bits per heavy atom. The van der Waals surface area contributed by atoms with Crippen molar-refractivity contribution in [1.82, 2.24) is 0 Å². The third kappa shape index (κ3) is 5.53. The molecule has 1 aromatic rings. The molecule has 1 aromatic carbocycles. The molecule has 0 aliphatic heterocycles. The molecule has 130 valence electrons. The molecule has 0 amide bonds. The fourth-order valence-corrected chi connectivity index (χ4v) is 2.04. The van der Waals surface area contributed by atoms with Crippen LogP contribution in [-0.2, 0) is 0 Å². The van der Waals surface area contributed by atoms with Gasteiger partial charge < -0.3 is 9.47 Å². The van der Waals surface area contributed by atoms with Crippen LogP contribution >= 0.6 is 0 Å². The Morgan fingerprint density at radius 3 is 2.46 bits per heavy atom. The predicted molar refractivity (Wildman–Crippen MR) is 95.1 cm³/mol. The first-order chi connectivity index (χ1) is 11.4. The van der Waals surface area contributed by atoms with Crippen LogP contribution in [0.2, 0.25) is 0 Å². The van der Waals surface area contributed by atoms with E-state index in [1.807, 2.05) is 26.8 Å². The zero-order valence-electron chi connectivity index (χ0n) is 14.8. The van der Waals surface area contributed by atoms with Gasteiger partial charge in [-0.2, -0.15) is 0 Å². The summed E-state index contributed by atoms with van der Waals surface area (Å²) in [6.45, 7) is 9.06. The Labute approximate surface area is 142 Å². The monoisotopic (exact) mass is 332 g/mol. The summed E-state index contributed by atoms with van der Waals surface area (Å²) in [6, 6.07) is 7.03. The van der Waals surface area contributed by atoms with E-state index in [1.165, 1.54) is 6.21 Å². The molecule has 0 aromatic heterocycles. The molecular formula is C18H24N2O4. The highest BCUT2D eigenvalue weighted by Crippen LogP contribution is 2.31. The van der Waals surface area contributed by atoms with Gasteiger partial charge in [0, 0.05) is 11.8 Å². The lowest BCUT2D eigenvalue weighted by Crippen LogP contribution is -2.10. The van der Waals surface area contributed by atoms with Crippen molar-refractivity contribution in [3.8, 4) is 11.5 Å².